The van der Waals surface area contributed by atoms with Crippen molar-refractivity contribution in [2.45, 2.75) is 62.0 Å². The number of nitrogen functional groups attached to an aromatic ring is 1. The Morgan fingerprint density at radius 2 is 1.87 bits per heavy atom. The number of carboxylic acids is 1. The highest BCUT2D eigenvalue weighted by atomic mass is 32.2. The first-order valence-electron chi connectivity index (χ1n) is 14.6. The molecule has 2 atom stereocenters. The summed E-state index contributed by atoms with van der Waals surface area (Å²) in [4.78, 5) is 53.9. The van der Waals surface area contributed by atoms with Gasteiger partial charge in [-0.15, -0.1) is 0 Å². The molecule has 0 unspecified atom stereocenters. The van der Waals surface area contributed by atoms with Gasteiger partial charge in [-0.3, -0.25) is 34.9 Å². The molecule has 15 heteroatoms. The van der Waals surface area contributed by atoms with E-state index in [9.17, 15) is 27.6 Å². The van der Waals surface area contributed by atoms with E-state index in [1.807, 2.05) is 4.72 Å². The molecule has 1 fully saturated rings. The van der Waals surface area contributed by atoms with Gasteiger partial charge >= 0.3 is 5.97 Å². The number of nitrogens with zero attached hydrogens (tertiary/aromatic N) is 2. The van der Waals surface area contributed by atoms with Gasteiger partial charge in [0.2, 0.25) is 11.8 Å². The number of amides is 3. The molecule has 3 heterocycles. The van der Waals surface area contributed by atoms with E-state index < -0.39 is 34.0 Å². The summed E-state index contributed by atoms with van der Waals surface area (Å²) in [6.45, 7) is 0.228. The third-order valence-electron chi connectivity index (χ3n) is 7.82. The van der Waals surface area contributed by atoms with E-state index in [-0.39, 0.29) is 41.2 Å². The average Bonchev–Trinajstić information content (AvgIpc) is 3.61. The molecule has 1 saturated carbocycles. The zero-order chi connectivity index (χ0) is 32.6. The lowest BCUT2D eigenvalue weighted by molar-refractivity contribution is -0.140. The van der Waals surface area contributed by atoms with Crippen LogP contribution in [0.25, 0.3) is 0 Å². The maximum atomic E-state index is 13.3. The van der Waals surface area contributed by atoms with Crippen molar-refractivity contribution in [2.24, 2.45) is 11.7 Å². The predicted molar refractivity (Wildman–Crippen MR) is 163 cm³/mol. The third kappa shape index (κ3) is 8.73. The van der Waals surface area contributed by atoms with Crippen molar-refractivity contribution in [2.75, 3.05) is 13.1 Å². The first kappa shape index (κ1) is 33.3. The summed E-state index contributed by atoms with van der Waals surface area (Å²) in [6, 6.07) is 8.05. The molecule has 1 aromatic carbocycles. The molecular weight excluding hydrogens is 602 g/mol. The summed E-state index contributed by atoms with van der Waals surface area (Å²) >= 11 is 0. The second-order valence-electron chi connectivity index (χ2n) is 11.0. The van der Waals surface area contributed by atoms with Crippen molar-refractivity contribution < 1.29 is 32.7 Å². The van der Waals surface area contributed by atoms with Gasteiger partial charge in [-0.1, -0.05) is 62.5 Å². The van der Waals surface area contributed by atoms with E-state index in [0.29, 0.717) is 24.6 Å². The van der Waals surface area contributed by atoms with E-state index in [1.165, 1.54) is 23.5 Å². The van der Waals surface area contributed by atoms with Crippen LogP contribution in [0.1, 0.15) is 60.1 Å². The lowest BCUT2D eigenvalue weighted by Crippen LogP contribution is -2.53. The summed E-state index contributed by atoms with van der Waals surface area (Å²) in [5.74, 6) is -1.89. The van der Waals surface area contributed by atoms with E-state index in [4.69, 9.17) is 16.2 Å². The largest absolute Gasteiger partial charge is 0.480 e. The smallest absolute Gasteiger partial charge is 0.317 e. The van der Waals surface area contributed by atoms with Crippen LogP contribution in [-0.4, -0.2) is 78.1 Å². The summed E-state index contributed by atoms with van der Waals surface area (Å²) in [6.07, 6.45) is 11.1. The number of aromatic nitrogens is 1. The molecule has 7 N–H and O–H groups in total. The molecule has 2 aromatic rings. The maximum absolute atomic E-state index is 13.3. The van der Waals surface area contributed by atoms with E-state index in [1.54, 1.807) is 42.6 Å². The number of carbonyl (C=O) groups is 4. The molecule has 0 bridgehead atoms. The molecule has 0 radical (unpaired) electrons. The SMILES string of the molecule is N=C(N)c1ccc(CNC(=O)[C@@H]2C=CCN2C(=O)[C@@H](CC2CCCCC2)NCC(=O)O)cn1.O=C1NS(=O)(=O)c2ccccc21. The summed E-state index contributed by atoms with van der Waals surface area (Å²) in [7, 11) is -3.55. The Labute approximate surface area is 261 Å². The first-order chi connectivity index (χ1) is 21.5. The minimum atomic E-state index is -3.55. The number of fused-ring (bicyclic) bond motifs is 1. The number of nitrogens with one attached hydrogen (secondary N) is 4. The van der Waals surface area contributed by atoms with E-state index >= 15 is 0 Å². The Morgan fingerprint density at radius 3 is 2.51 bits per heavy atom. The number of aliphatic carboxylic acids is 1. The molecule has 3 aliphatic rings. The summed E-state index contributed by atoms with van der Waals surface area (Å²) in [5, 5.41) is 22.2. The second kappa shape index (κ2) is 14.9. The summed E-state index contributed by atoms with van der Waals surface area (Å²) < 4.78 is 24.2. The van der Waals surface area contributed by atoms with Crippen molar-refractivity contribution in [1.82, 2.24) is 25.2 Å². The van der Waals surface area contributed by atoms with E-state index in [0.717, 1.165) is 31.2 Å². The molecule has 1 aromatic heterocycles. The lowest BCUT2D eigenvalue weighted by Gasteiger charge is -2.31. The predicted octanol–water partition coefficient (Wildman–Crippen LogP) is 0.881. The van der Waals surface area contributed by atoms with Crippen molar-refractivity contribution in [3.05, 3.63) is 71.6 Å². The molecule has 0 saturated heterocycles. The molecule has 2 aliphatic heterocycles. The highest BCUT2D eigenvalue weighted by Gasteiger charge is 2.35. The Bertz CT molecular complexity index is 1570. The Kier molecular flexibility index (Phi) is 11.0. The van der Waals surface area contributed by atoms with Gasteiger partial charge in [-0.25, -0.2) is 13.1 Å². The molecule has 14 nitrogen and oxygen atoms in total. The molecule has 45 heavy (non-hydrogen) atoms. The molecular formula is C30H37N7O7S. The fourth-order valence-electron chi connectivity index (χ4n) is 5.52. The van der Waals surface area contributed by atoms with Crippen LogP contribution in [0.5, 0.6) is 0 Å². The van der Waals surface area contributed by atoms with Crippen LogP contribution in [-0.2, 0) is 31.0 Å². The molecule has 240 valence electrons. The Morgan fingerprint density at radius 1 is 1.13 bits per heavy atom. The maximum Gasteiger partial charge on any atom is 0.317 e. The van der Waals surface area contributed by atoms with Gasteiger partial charge in [0.15, 0.2) is 0 Å². The van der Waals surface area contributed by atoms with Crippen LogP contribution in [0.4, 0.5) is 0 Å². The van der Waals surface area contributed by atoms with Crippen LogP contribution in [0.2, 0.25) is 0 Å². The van der Waals surface area contributed by atoms with E-state index in [2.05, 4.69) is 15.6 Å². The van der Waals surface area contributed by atoms with Crippen LogP contribution >= 0.6 is 0 Å². The van der Waals surface area contributed by atoms with Gasteiger partial charge in [0.25, 0.3) is 15.9 Å². The fraction of sp³-hybridized carbons (Fsp3) is 0.400. The highest BCUT2D eigenvalue weighted by Crippen LogP contribution is 2.28. The number of hydrogen-bond acceptors (Lipinski definition) is 9. The van der Waals surface area contributed by atoms with Crippen LogP contribution < -0.4 is 21.1 Å². The normalized spacial score (nSPS) is 19.1. The van der Waals surface area contributed by atoms with Crippen LogP contribution in [0.3, 0.4) is 0 Å². The second-order valence-corrected chi connectivity index (χ2v) is 12.7. The quantitative estimate of drug-likeness (QED) is 0.122. The first-order valence-corrected chi connectivity index (χ1v) is 16.1. The van der Waals surface area contributed by atoms with Crippen molar-refractivity contribution in [1.29, 1.82) is 5.41 Å². The number of sulfonamides is 1. The number of carboxylic acid groups (broad SMARTS) is 1. The number of pyridine rings is 1. The van der Waals surface area contributed by atoms with Gasteiger partial charge in [-0.05, 0) is 36.1 Å². The van der Waals surface area contributed by atoms with Crippen molar-refractivity contribution in [3.8, 4) is 0 Å². The minimum Gasteiger partial charge on any atom is -0.480 e. The number of benzene rings is 1. The topological polar surface area (TPSA) is 225 Å². The van der Waals surface area contributed by atoms with Crippen molar-refractivity contribution in [3.63, 3.8) is 0 Å². The Balaban J connectivity index is 0.000000318. The van der Waals surface area contributed by atoms with Gasteiger partial charge in [0.1, 0.15) is 22.5 Å². The van der Waals surface area contributed by atoms with Crippen LogP contribution in [0.15, 0.2) is 59.6 Å². The van der Waals surface area contributed by atoms with Crippen LogP contribution in [0, 0.1) is 11.3 Å². The molecule has 1 aliphatic carbocycles. The third-order valence-corrected chi connectivity index (χ3v) is 9.20. The number of nitrogens with two attached hydrogens (primary N) is 1. The fourth-order valence-corrected chi connectivity index (χ4v) is 6.69. The zero-order valence-corrected chi connectivity index (χ0v) is 25.4. The van der Waals surface area contributed by atoms with Gasteiger partial charge in [-0.2, -0.15) is 0 Å². The number of rotatable bonds is 10. The minimum absolute atomic E-state index is 0.0648. The number of hydrogen-bond donors (Lipinski definition) is 6. The zero-order valence-electron chi connectivity index (χ0n) is 24.6. The highest BCUT2D eigenvalue weighted by molar-refractivity contribution is 7.90. The summed E-state index contributed by atoms with van der Waals surface area (Å²) in [5.41, 5.74) is 6.72. The number of carbonyl (C=O) groups excluding carboxylic acids is 3. The molecule has 3 amide bonds. The number of amidine groups is 1. The van der Waals surface area contributed by atoms with Gasteiger partial charge in [0.05, 0.1) is 18.2 Å². The monoisotopic (exact) mass is 639 g/mol. The van der Waals surface area contributed by atoms with Gasteiger partial charge in [0, 0.05) is 19.3 Å². The molecule has 0 spiro atoms. The Hall–Kier alpha value is -4.63. The van der Waals surface area contributed by atoms with Gasteiger partial charge < -0.3 is 21.1 Å². The molecule has 5 rings (SSSR count). The van der Waals surface area contributed by atoms with Crippen molar-refractivity contribution >= 4 is 39.5 Å². The average molecular weight is 640 g/mol. The standard InChI is InChI=1S/C23H32N6O4.C7H5NO3S/c24-21(25)17-9-8-16(12-26-17)13-28-22(32)19-7-4-10-29(19)23(33)18(27-14-20(30)31)11-15-5-2-1-3-6-15;9-7-5-3-1-2-4-6(5)12(10,11)8-7/h4,7-9,12,15,18-19,27H,1-3,5-6,10-11,13-14H2,(H3,24,25)(H,28,32)(H,30,31);1-4H,(H,8,9)/t18-,19+;/m1./s1. The lowest BCUT2D eigenvalue weighted by atomic mass is 9.84.